The van der Waals surface area contributed by atoms with Crippen LogP contribution >= 0.6 is 27.5 Å². The highest BCUT2D eigenvalue weighted by Crippen LogP contribution is 2.26. The lowest BCUT2D eigenvalue weighted by Crippen LogP contribution is -2.02. The van der Waals surface area contributed by atoms with Gasteiger partial charge >= 0.3 is 0 Å². The first-order valence-corrected chi connectivity index (χ1v) is 6.98. The molecule has 1 aromatic carbocycles. The largest absolute Gasteiger partial charge is 0.492 e. The van der Waals surface area contributed by atoms with E-state index < -0.39 is 0 Å². The van der Waals surface area contributed by atoms with Gasteiger partial charge in [0.2, 0.25) is 0 Å². The van der Waals surface area contributed by atoms with Crippen LogP contribution in [0.1, 0.15) is 11.1 Å². The molecule has 0 spiro atoms. The van der Waals surface area contributed by atoms with Crippen molar-refractivity contribution in [1.82, 2.24) is 4.98 Å². The molecule has 2 aromatic rings. The Balaban J connectivity index is 1.91. The first kappa shape index (κ1) is 13.4. The van der Waals surface area contributed by atoms with Crippen molar-refractivity contribution >= 4 is 27.5 Å². The molecule has 0 saturated heterocycles. The summed E-state index contributed by atoms with van der Waals surface area (Å²) in [5.74, 6) is 1.36. The predicted molar refractivity (Wildman–Crippen MR) is 77.1 cm³/mol. The van der Waals surface area contributed by atoms with E-state index in [9.17, 15) is 0 Å². The van der Waals surface area contributed by atoms with Crippen LogP contribution in [0.5, 0.6) is 5.75 Å². The molecule has 94 valence electrons. The molecule has 0 atom stereocenters. The molecule has 0 aliphatic carbocycles. The Morgan fingerprint density at radius 2 is 1.89 bits per heavy atom. The van der Waals surface area contributed by atoms with Gasteiger partial charge in [-0.05, 0) is 51.3 Å². The van der Waals surface area contributed by atoms with Crippen molar-refractivity contribution < 1.29 is 4.74 Å². The van der Waals surface area contributed by atoms with Crippen LogP contribution in [0, 0.1) is 0 Å². The van der Waals surface area contributed by atoms with Crippen LogP contribution < -0.4 is 4.74 Å². The fraction of sp³-hybridized carbons (Fsp3) is 0.214. The van der Waals surface area contributed by atoms with E-state index in [2.05, 4.69) is 20.9 Å². The molecule has 0 fully saturated rings. The minimum Gasteiger partial charge on any atom is -0.492 e. The van der Waals surface area contributed by atoms with Crippen LogP contribution in [0.2, 0.25) is 0 Å². The number of alkyl halides is 1. The average molecular weight is 327 g/mol. The molecule has 0 unspecified atom stereocenters. The highest BCUT2D eigenvalue weighted by atomic mass is 79.9. The molecule has 1 heterocycles. The number of hydrogen-bond donors (Lipinski definition) is 0. The second kappa shape index (κ2) is 6.76. The van der Waals surface area contributed by atoms with Gasteiger partial charge in [-0.3, -0.25) is 4.98 Å². The van der Waals surface area contributed by atoms with Crippen LogP contribution in [-0.4, -0.2) is 11.6 Å². The van der Waals surface area contributed by atoms with Gasteiger partial charge < -0.3 is 4.74 Å². The second-order valence-electron chi connectivity index (χ2n) is 3.85. The van der Waals surface area contributed by atoms with Crippen molar-refractivity contribution in [3.63, 3.8) is 0 Å². The van der Waals surface area contributed by atoms with Crippen molar-refractivity contribution in [2.45, 2.75) is 12.3 Å². The Morgan fingerprint density at radius 1 is 1.11 bits per heavy atom. The highest BCUT2D eigenvalue weighted by Gasteiger charge is 2.02. The Morgan fingerprint density at radius 3 is 2.56 bits per heavy atom. The van der Waals surface area contributed by atoms with Crippen molar-refractivity contribution in [3.05, 3.63) is 58.3 Å². The summed E-state index contributed by atoms with van der Waals surface area (Å²) in [5, 5.41) is 0. The molecule has 4 heteroatoms. The van der Waals surface area contributed by atoms with Crippen molar-refractivity contribution in [3.8, 4) is 5.75 Å². The van der Waals surface area contributed by atoms with Gasteiger partial charge in [0.05, 0.1) is 11.1 Å². The van der Waals surface area contributed by atoms with Gasteiger partial charge in [-0.2, -0.15) is 0 Å². The summed E-state index contributed by atoms with van der Waals surface area (Å²) in [6, 6.07) is 9.88. The van der Waals surface area contributed by atoms with E-state index in [0.29, 0.717) is 12.5 Å². The highest BCUT2D eigenvalue weighted by molar-refractivity contribution is 9.10. The Kier molecular flexibility index (Phi) is 5.02. The van der Waals surface area contributed by atoms with E-state index in [1.54, 1.807) is 12.4 Å². The minimum atomic E-state index is 0.510. The summed E-state index contributed by atoms with van der Waals surface area (Å²) in [6.45, 7) is 0.642. The molecule has 0 aliphatic heterocycles. The molecule has 2 rings (SSSR count). The zero-order chi connectivity index (χ0) is 12.8. The van der Waals surface area contributed by atoms with Crippen LogP contribution in [0.25, 0.3) is 0 Å². The Hall–Kier alpha value is -1.06. The van der Waals surface area contributed by atoms with E-state index in [4.69, 9.17) is 16.3 Å². The third-order valence-corrected chi connectivity index (χ3v) is 3.48. The zero-order valence-electron chi connectivity index (χ0n) is 9.77. The SMILES string of the molecule is ClCc1ccc(OCCc2ccncc2)c(Br)c1. The van der Waals surface area contributed by atoms with Crippen LogP contribution in [0.4, 0.5) is 0 Å². The average Bonchev–Trinajstić information content (AvgIpc) is 2.42. The standard InChI is InChI=1S/C14H13BrClNO/c15-13-9-12(10-16)1-2-14(13)18-8-5-11-3-6-17-7-4-11/h1-4,6-7,9H,5,8,10H2. The quantitative estimate of drug-likeness (QED) is 0.768. The molecule has 18 heavy (non-hydrogen) atoms. The fourth-order valence-electron chi connectivity index (χ4n) is 1.57. The number of benzene rings is 1. The summed E-state index contributed by atoms with van der Waals surface area (Å²) in [4.78, 5) is 3.98. The van der Waals surface area contributed by atoms with E-state index in [1.807, 2.05) is 30.3 Å². The van der Waals surface area contributed by atoms with E-state index in [0.717, 1.165) is 22.2 Å². The molecule has 0 radical (unpaired) electrons. The smallest absolute Gasteiger partial charge is 0.133 e. The lowest BCUT2D eigenvalue weighted by molar-refractivity contribution is 0.320. The summed E-state index contributed by atoms with van der Waals surface area (Å²) in [7, 11) is 0. The van der Waals surface area contributed by atoms with Crippen LogP contribution in [-0.2, 0) is 12.3 Å². The predicted octanol–water partition coefficient (Wildman–Crippen LogP) is 4.20. The van der Waals surface area contributed by atoms with Crippen molar-refractivity contribution in [2.24, 2.45) is 0 Å². The van der Waals surface area contributed by atoms with E-state index in [-0.39, 0.29) is 0 Å². The third-order valence-electron chi connectivity index (χ3n) is 2.55. The van der Waals surface area contributed by atoms with Crippen LogP contribution in [0.15, 0.2) is 47.2 Å². The lowest BCUT2D eigenvalue weighted by atomic mass is 10.2. The van der Waals surface area contributed by atoms with E-state index >= 15 is 0 Å². The summed E-state index contributed by atoms with van der Waals surface area (Å²) in [6.07, 6.45) is 4.45. The lowest BCUT2D eigenvalue weighted by Gasteiger charge is -2.09. The molecule has 0 bridgehead atoms. The summed E-state index contributed by atoms with van der Waals surface area (Å²) >= 11 is 9.25. The number of ether oxygens (including phenoxy) is 1. The maximum absolute atomic E-state index is 5.77. The molecule has 0 aliphatic rings. The summed E-state index contributed by atoms with van der Waals surface area (Å²) in [5.41, 5.74) is 2.29. The first-order valence-electron chi connectivity index (χ1n) is 5.65. The van der Waals surface area contributed by atoms with Crippen LogP contribution in [0.3, 0.4) is 0 Å². The summed E-state index contributed by atoms with van der Waals surface area (Å²) < 4.78 is 6.67. The molecule has 0 N–H and O–H groups in total. The Labute approximate surface area is 120 Å². The van der Waals surface area contributed by atoms with Gasteiger partial charge in [-0.1, -0.05) is 6.07 Å². The minimum absolute atomic E-state index is 0.510. The first-order chi connectivity index (χ1) is 8.79. The number of hydrogen-bond acceptors (Lipinski definition) is 2. The molecule has 2 nitrogen and oxygen atoms in total. The topological polar surface area (TPSA) is 22.1 Å². The zero-order valence-corrected chi connectivity index (χ0v) is 12.1. The number of rotatable bonds is 5. The number of nitrogens with zero attached hydrogens (tertiary/aromatic N) is 1. The molecule has 0 amide bonds. The second-order valence-corrected chi connectivity index (χ2v) is 4.97. The fourth-order valence-corrected chi connectivity index (χ4v) is 2.28. The monoisotopic (exact) mass is 325 g/mol. The number of aromatic nitrogens is 1. The van der Waals surface area contributed by atoms with E-state index in [1.165, 1.54) is 5.56 Å². The molecule has 0 saturated carbocycles. The number of pyridine rings is 1. The van der Waals surface area contributed by atoms with Gasteiger partial charge in [0.25, 0.3) is 0 Å². The van der Waals surface area contributed by atoms with Gasteiger partial charge in [0.1, 0.15) is 5.75 Å². The maximum atomic E-state index is 5.77. The Bertz CT molecular complexity index is 504. The molecular weight excluding hydrogens is 314 g/mol. The van der Waals surface area contributed by atoms with Crippen molar-refractivity contribution in [2.75, 3.05) is 6.61 Å². The maximum Gasteiger partial charge on any atom is 0.133 e. The van der Waals surface area contributed by atoms with Crippen molar-refractivity contribution in [1.29, 1.82) is 0 Å². The molecular formula is C14H13BrClNO. The third kappa shape index (κ3) is 3.72. The normalized spacial score (nSPS) is 10.3. The van der Waals surface area contributed by atoms with Gasteiger partial charge in [-0.15, -0.1) is 11.6 Å². The van der Waals surface area contributed by atoms with Gasteiger partial charge in [-0.25, -0.2) is 0 Å². The van der Waals surface area contributed by atoms with Gasteiger partial charge in [0, 0.05) is 24.7 Å². The molecule has 1 aromatic heterocycles. The number of halogens is 2. The van der Waals surface area contributed by atoms with Gasteiger partial charge in [0.15, 0.2) is 0 Å².